The van der Waals surface area contributed by atoms with Crippen molar-refractivity contribution in [2.75, 3.05) is 0 Å². The molecule has 18 rings (SSSR count). The van der Waals surface area contributed by atoms with Gasteiger partial charge in [0.05, 0.1) is 44.8 Å². The van der Waals surface area contributed by atoms with Gasteiger partial charge in [-0.05, 0) is 168 Å². The summed E-state index contributed by atoms with van der Waals surface area (Å²) in [6.45, 7) is 33.3. The molecule has 0 saturated carbocycles. The van der Waals surface area contributed by atoms with Crippen LogP contribution in [0.2, 0.25) is 0 Å². The van der Waals surface area contributed by atoms with Crippen molar-refractivity contribution in [3.63, 3.8) is 0 Å². The van der Waals surface area contributed by atoms with E-state index in [1.54, 1.807) is 0 Å². The molecule has 16 heteroatoms. The molecule has 0 atom stereocenters. The van der Waals surface area contributed by atoms with Crippen LogP contribution in [0.1, 0.15) is 111 Å². The highest BCUT2D eigenvalue weighted by Crippen LogP contribution is 2.44. The van der Waals surface area contributed by atoms with E-state index in [2.05, 4.69) is 281 Å². The zero-order chi connectivity index (χ0) is 70.1. The molecule has 0 unspecified atom stereocenters. The topological polar surface area (TPSA) is 100 Å². The molecule has 4 aliphatic heterocycles. The third kappa shape index (κ3) is 12.0. The Kier molecular flexibility index (Phi) is 17.0. The number of hydrogen-bond donors (Lipinski definition) is 0. The fraction of sp³-hybridized carbons (Fsp3) is 0.286. The normalized spacial score (nSPS) is 19.0. The van der Waals surface area contributed by atoms with E-state index < -0.39 is 7.12 Å². The van der Waals surface area contributed by atoms with Gasteiger partial charge in [0.2, 0.25) is 0 Å². The molecule has 8 heterocycles. The molecule has 14 aromatic rings. The number of benzene rings is 10. The lowest BCUT2D eigenvalue weighted by molar-refractivity contribution is 0.00578. The predicted molar refractivity (Wildman–Crippen MR) is 420 cm³/mol. The monoisotopic (exact) mass is 1360 g/mol. The molecule has 0 amide bonds. The zero-order valence-corrected chi connectivity index (χ0v) is 61.6. The predicted octanol–water partition coefficient (Wildman–Crippen LogP) is 19.8. The Hall–Kier alpha value is -7.82. The number of fused-ring (bicyclic) bond motifs is 12. The summed E-state index contributed by atoms with van der Waals surface area (Å²) in [5.74, 6) is 0. The quantitative estimate of drug-likeness (QED) is 0.150. The summed E-state index contributed by atoms with van der Waals surface area (Å²) in [6.07, 6.45) is 0. The highest BCUT2D eigenvalue weighted by atomic mass is 32.1. The minimum absolute atomic E-state index is 0.304. The van der Waals surface area contributed by atoms with Gasteiger partial charge in [-0.3, -0.25) is 0 Å². The maximum Gasteiger partial charge on any atom is 0.498 e. The Bertz CT molecular complexity index is 5010. The third-order valence-electron chi connectivity index (χ3n) is 22.2. The summed E-state index contributed by atoms with van der Waals surface area (Å²) in [7, 11) is -1.38. The Labute approximate surface area is 595 Å². The van der Waals surface area contributed by atoms with Crippen molar-refractivity contribution in [1.82, 2.24) is 0 Å². The SMILES string of the molecule is CC1(C)OB(c2ccc(-c3cccc4c3oc3ccccc34)cc2)OC1(C)C.CC1(C)OB(c2ccc(-c3cccc4c3sc3ccccc34)cc2)OC1(C)C.CC1(C)OB(c2cccc3c2oc2ccccc23)OC1(C)C.CC1(C)OB(c2cccc3c2sc2ccccc23)OC1(C)C. The molecule has 100 heavy (non-hydrogen) atoms. The van der Waals surface area contributed by atoms with Gasteiger partial charge >= 0.3 is 28.5 Å². The van der Waals surface area contributed by atoms with E-state index in [1.165, 1.54) is 51.5 Å². The van der Waals surface area contributed by atoms with Gasteiger partial charge < -0.3 is 46.1 Å². The van der Waals surface area contributed by atoms with Crippen molar-refractivity contribution in [3.8, 4) is 22.3 Å². The zero-order valence-electron chi connectivity index (χ0n) is 60.0. The molecule has 10 aromatic carbocycles. The van der Waals surface area contributed by atoms with Gasteiger partial charge in [0.1, 0.15) is 22.3 Å². The lowest BCUT2D eigenvalue weighted by Crippen LogP contribution is -2.41. The lowest BCUT2D eigenvalue weighted by atomic mass is 9.78. The van der Waals surface area contributed by atoms with E-state index in [-0.39, 0.29) is 66.2 Å². The van der Waals surface area contributed by atoms with Crippen LogP contribution in [0, 0.1) is 0 Å². The molecule has 4 fully saturated rings. The summed E-state index contributed by atoms with van der Waals surface area (Å²) in [5, 5.41) is 9.76. The molecule has 10 nitrogen and oxygen atoms in total. The van der Waals surface area contributed by atoms with E-state index >= 15 is 0 Å². The van der Waals surface area contributed by atoms with Gasteiger partial charge in [-0.25, -0.2) is 0 Å². The van der Waals surface area contributed by atoms with Crippen molar-refractivity contribution in [2.24, 2.45) is 0 Å². The van der Waals surface area contributed by atoms with Crippen molar-refractivity contribution < 1.29 is 46.1 Å². The van der Waals surface area contributed by atoms with Crippen LogP contribution in [0.5, 0.6) is 0 Å². The summed E-state index contributed by atoms with van der Waals surface area (Å²) < 4.78 is 67.0. The first-order valence-electron chi connectivity index (χ1n) is 34.7. The second-order valence-corrected chi connectivity index (χ2v) is 32.9. The average molecular weight is 1360 g/mol. The van der Waals surface area contributed by atoms with Gasteiger partial charge in [-0.15, -0.1) is 22.7 Å². The minimum Gasteiger partial charge on any atom is -0.456 e. The first-order valence-corrected chi connectivity index (χ1v) is 36.4. The largest absolute Gasteiger partial charge is 0.498 e. The summed E-state index contributed by atoms with van der Waals surface area (Å²) in [6, 6.07) is 75.8. The minimum atomic E-state index is -0.408. The molecule has 0 radical (unpaired) electrons. The van der Waals surface area contributed by atoms with Crippen LogP contribution >= 0.6 is 22.7 Å². The molecular weight excluding hydrogens is 1280 g/mol. The van der Waals surface area contributed by atoms with Crippen molar-refractivity contribution in [3.05, 3.63) is 218 Å². The van der Waals surface area contributed by atoms with Crippen LogP contribution < -0.4 is 21.9 Å². The van der Waals surface area contributed by atoms with Crippen LogP contribution in [0.4, 0.5) is 0 Å². The number of hydrogen-bond acceptors (Lipinski definition) is 12. The second kappa shape index (κ2) is 25.0. The molecule has 4 aliphatic rings. The maximum atomic E-state index is 6.24. The first kappa shape index (κ1) is 68.0. The molecule has 0 N–H and O–H groups in total. The molecular formula is C84H84B4O10S2. The highest BCUT2D eigenvalue weighted by Gasteiger charge is 2.55. The number of para-hydroxylation sites is 4. The Morgan fingerprint density at radius 3 is 1.01 bits per heavy atom. The number of rotatable bonds is 6. The van der Waals surface area contributed by atoms with Crippen molar-refractivity contribution in [2.45, 2.75) is 156 Å². The molecule has 4 saturated heterocycles. The van der Waals surface area contributed by atoms with Gasteiger partial charge in [0.25, 0.3) is 0 Å². The van der Waals surface area contributed by atoms with Crippen molar-refractivity contribution in [1.29, 1.82) is 0 Å². The second-order valence-electron chi connectivity index (χ2n) is 30.8. The highest BCUT2D eigenvalue weighted by molar-refractivity contribution is 7.27. The van der Waals surface area contributed by atoms with Gasteiger partial charge in [0, 0.05) is 73.0 Å². The van der Waals surface area contributed by atoms with E-state index in [0.717, 1.165) is 76.9 Å². The fourth-order valence-corrected chi connectivity index (χ4v) is 15.9. The maximum absolute atomic E-state index is 6.24. The molecule has 0 bridgehead atoms. The number of furan rings is 2. The molecule has 504 valence electrons. The Morgan fingerprint density at radius 2 is 0.550 bits per heavy atom. The standard InChI is InChI=1S/C24H23BO3.C24H23BO2S.C18H19BO3.C18H19BO2S/c1-23(2)24(3,4)28-25(27-23)17-14-12-16(13-15-17)18-9-7-10-20-19-8-5-6-11-21(19)26-22(18)20;1-23(2)24(3,4)27-25(26-23)17-14-12-16(13-15-17)18-9-7-10-20-19-8-5-6-11-21(19)28-22(18)20;1-17(2)18(3,4)22-19(21-17)14-10-7-9-13-12-8-5-6-11-15(12)20-16(13)14;1-17(2)18(3,4)21-19(20-17)14-10-7-9-13-12-8-5-6-11-15(12)22-16(13)14/h2*5-15H,1-4H3;2*5-11H,1-4H3. The molecule has 0 spiro atoms. The van der Waals surface area contributed by atoms with Crippen molar-refractivity contribution >= 4 is 157 Å². The van der Waals surface area contributed by atoms with Gasteiger partial charge in [-0.1, -0.05) is 194 Å². The van der Waals surface area contributed by atoms with Crippen LogP contribution in [0.15, 0.2) is 227 Å². The summed E-state index contributed by atoms with van der Waals surface area (Å²) >= 11 is 3.68. The van der Waals surface area contributed by atoms with Crippen LogP contribution in [-0.2, 0) is 37.2 Å². The Morgan fingerprint density at radius 1 is 0.240 bits per heavy atom. The van der Waals surface area contributed by atoms with Gasteiger partial charge in [-0.2, -0.15) is 0 Å². The molecule has 4 aromatic heterocycles. The summed E-state index contributed by atoms with van der Waals surface area (Å²) in [5.41, 5.74) is 9.81. The fourth-order valence-electron chi connectivity index (χ4n) is 13.4. The number of thiophene rings is 2. The van der Waals surface area contributed by atoms with Gasteiger partial charge in [0.15, 0.2) is 0 Å². The summed E-state index contributed by atoms with van der Waals surface area (Å²) in [4.78, 5) is 0. The first-order chi connectivity index (χ1) is 47.5. The van der Waals surface area contributed by atoms with Crippen LogP contribution in [-0.4, -0.2) is 73.3 Å². The average Bonchev–Trinajstić information content (AvgIpc) is 1.61. The van der Waals surface area contributed by atoms with E-state index in [1.807, 2.05) is 71.2 Å². The molecule has 0 aliphatic carbocycles. The Balaban J connectivity index is 0.000000109. The smallest absolute Gasteiger partial charge is 0.456 e. The van der Waals surface area contributed by atoms with E-state index in [9.17, 15) is 0 Å². The van der Waals surface area contributed by atoms with E-state index in [4.69, 9.17) is 46.1 Å². The van der Waals surface area contributed by atoms with Crippen LogP contribution in [0.25, 0.3) is 106 Å². The van der Waals surface area contributed by atoms with E-state index in [0.29, 0.717) is 0 Å². The lowest BCUT2D eigenvalue weighted by Gasteiger charge is -2.32. The van der Waals surface area contributed by atoms with Crippen LogP contribution in [0.3, 0.4) is 0 Å². The third-order valence-corrected chi connectivity index (χ3v) is 24.6.